The number of ether oxygens (including phenoxy) is 1. The fourth-order valence-electron chi connectivity index (χ4n) is 2.89. The average molecular weight is 272 g/mol. The Morgan fingerprint density at radius 1 is 1.15 bits per heavy atom. The molecule has 0 bridgehead atoms. The number of aliphatic imine (C=N–C) groups is 1. The van der Waals surface area contributed by atoms with Crippen LogP contribution in [0.4, 0.5) is 0 Å². The zero-order valence-corrected chi connectivity index (χ0v) is 12.3. The fraction of sp³-hybridized carbons (Fsp3) is 0.588. The Kier molecular flexibility index (Phi) is 4.24. The second-order valence-electron chi connectivity index (χ2n) is 5.87. The van der Waals surface area contributed by atoms with Crippen LogP contribution in [0.2, 0.25) is 0 Å². The molecule has 1 atom stereocenters. The molecule has 0 amide bonds. The van der Waals surface area contributed by atoms with E-state index < -0.39 is 0 Å². The minimum Gasteiger partial charge on any atom is -0.497 e. The summed E-state index contributed by atoms with van der Waals surface area (Å²) in [5, 5.41) is 3.72. The predicted octanol–water partition coefficient (Wildman–Crippen LogP) is 3.71. The maximum absolute atomic E-state index is 5.25. The zero-order chi connectivity index (χ0) is 13.8. The predicted molar refractivity (Wildman–Crippen MR) is 82.4 cm³/mol. The first kappa shape index (κ1) is 13.5. The monoisotopic (exact) mass is 272 g/mol. The van der Waals surface area contributed by atoms with Crippen molar-refractivity contribution in [2.24, 2.45) is 10.9 Å². The molecule has 20 heavy (non-hydrogen) atoms. The highest BCUT2D eigenvalue weighted by Crippen LogP contribution is 2.41. The van der Waals surface area contributed by atoms with Gasteiger partial charge in [-0.1, -0.05) is 18.6 Å². The molecule has 2 aliphatic rings. The molecule has 1 aromatic carbocycles. The summed E-state index contributed by atoms with van der Waals surface area (Å²) < 4.78 is 5.25. The van der Waals surface area contributed by atoms with Gasteiger partial charge in [0.1, 0.15) is 5.75 Å². The summed E-state index contributed by atoms with van der Waals surface area (Å²) in [5.74, 6) is 2.92. The van der Waals surface area contributed by atoms with E-state index in [0.29, 0.717) is 6.04 Å². The molecule has 1 heterocycles. The Morgan fingerprint density at radius 2 is 1.95 bits per heavy atom. The third kappa shape index (κ3) is 3.33. The van der Waals surface area contributed by atoms with Crippen LogP contribution in [-0.2, 0) is 0 Å². The number of nitrogens with one attached hydrogen (secondary N) is 1. The van der Waals surface area contributed by atoms with Gasteiger partial charge in [0.2, 0.25) is 0 Å². The first-order valence-electron chi connectivity index (χ1n) is 7.80. The summed E-state index contributed by atoms with van der Waals surface area (Å²) in [6.45, 7) is 0.988. The van der Waals surface area contributed by atoms with E-state index in [-0.39, 0.29) is 0 Å². The van der Waals surface area contributed by atoms with E-state index in [1.54, 1.807) is 7.11 Å². The third-order valence-electron chi connectivity index (χ3n) is 4.26. The van der Waals surface area contributed by atoms with Crippen LogP contribution in [-0.4, -0.2) is 19.5 Å². The Balaban J connectivity index is 1.72. The van der Waals surface area contributed by atoms with Crippen molar-refractivity contribution in [3.8, 4) is 5.75 Å². The van der Waals surface area contributed by atoms with Crippen LogP contribution in [0.25, 0.3) is 0 Å². The van der Waals surface area contributed by atoms with Crippen molar-refractivity contribution in [1.82, 2.24) is 5.32 Å². The fourth-order valence-corrected chi connectivity index (χ4v) is 2.89. The largest absolute Gasteiger partial charge is 0.497 e. The van der Waals surface area contributed by atoms with Crippen LogP contribution in [0, 0.1) is 5.92 Å². The molecule has 1 saturated carbocycles. The third-order valence-corrected chi connectivity index (χ3v) is 4.26. The lowest BCUT2D eigenvalue weighted by molar-refractivity contribution is 0.414. The van der Waals surface area contributed by atoms with E-state index in [1.807, 2.05) is 0 Å². The second-order valence-corrected chi connectivity index (χ2v) is 5.87. The van der Waals surface area contributed by atoms with Crippen LogP contribution in [0.3, 0.4) is 0 Å². The normalized spacial score (nSPS) is 20.8. The molecule has 1 fully saturated rings. The first-order valence-corrected chi connectivity index (χ1v) is 7.80. The lowest BCUT2D eigenvalue weighted by Crippen LogP contribution is -2.29. The highest BCUT2D eigenvalue weighted by atomic mass is 16.5. The SMILES string of the molecule is COc1ccc([C@@H](NC2=NCCCCC2)C2CC2)cc1. The summed E-state index contributed by atoms with van der Waals surface area (Å²) >= 11 is 0. The van der Waals surface area contributed by atoms with Gasteiger partial charge in [-0.3, -0.25) is 4.99 Å². The standard InChI is InChI=1S/C17H24N2O/c1-20-15-10-8-14(9-11-15)17(13-6-7-13)19-16-5-3-2-4-12-18-16/h8-11,13,17H,2-7,12H2,1H3,(H,18,19)/t17-/m0/s1. The highest BCUT2D eigenvalue weighted by Gasteiger charge is 2.32. The maximum Gasteiger partial charge on any atom is 0.118 e. The topological polar surface area (TPSA) is 33.6 Å². The number of rotatable bonds is 4. The van der Waals surface area contributed by atoms with Crippen molar-refractivity contribution in [2.75, 3.05) is 13.7 Å². The smallest absolute Gasteiger partial charge is 0.118 e. The van der Waals surface area contributed by atoms with Gasteiger partial charge in [-0.25, -0.2) is 0 Å². The van der Waals surface area contributed by atoms with Gasteiger partial charge in [-0.15, -0.1) is 0 Å². The average Bonchev–Trinajstić information content (AvgIpc) is 3.32. The number of amidine groups is 1. The van der Waals surface area contributed by atoms with E-state index in [1.165, 1.54) is 43.5 Å². The van der Waals surface area contributed by atoms with Crippen LogP contribution in [0.15, 0.2) is 29.3 Å². The Hall–Kier alpha value is -1.51. The molecule has 1 aliphatic carbocycles. The second kappa shape index (κ2) is 6.29. The number of hydrogen-bond donors (Lipinski definition) is 1. The van der Waals surface area contributed by atoms with E-state index in [0.717, 1.165) is 24.6 Å². The molecule has 3 nitrogen and oxygen atoms in total. The summed E-state index contributed by atoms with van der Waals surface area (Å²) in [5.41, 5.74) is 1.36. The van der Waals surface area contributed by atoms with Gasteiger partial charge in [-0.05, 0) is 49.3 Å². The van der Waals surface area contributed by atoms with Crippen molar-refractivity contribution in [3.63, 3.8) is 0 Å². The molecule has 3 heteroatoms. The van der Waals surface area contributed by atoms with Gasteiger partial charge in [0.15, 0.2) is 0 Å². The molecule has 0 spiro atoms. The van der Waals surface area contributed by atoms with Crippen LogP contribution in [0.5, 0.6) is 5.75 Å². The summed E-state index contributed by atoms with van der Waals surface area (Å²) in [6, 6.07) is 8.92. The van der Waals surface area contributed by atoms with Gasteiger partial charge >= 0.3 is 0 Å². The molecule has 1 aromatic rings. The molecule has 108 valence electrons. The van der Waals surface area contributed by atoms with Crippen molar-refractivity contribution in [1.29, 1.82) is 0 Å². The molecular formula is C17H24N2O. The van der Waals surface area contributed by atoms with E-state index in [2.05, 4.69) is 29.6 Å². The van der Waals surface area contributed by atoms with E-state index >= 15 is 0 Å². The van der Waals surface area contributed by atoms with Crippen molar-refractivity contribution in [2.45, 2.75) is 44.6 Å². The van der Waals surface area contributed by atoms with Crippen molar-refractivity contribution in [3.05, 3.63) is 29.8 Å². The zero-order valence-electron chi connectivity index (χ0n) is 12.3. The van der Waals surface area contributed by atoms with Crippen LogP contribution in [0.1, 0.15) is 50.1 Å². The van der Waals surface area contributed by atoms with Gasteiger partial charge < -0.3 is 10.1 Å². The van der Waals surface area contributed by atoms with E-state index in [4.69, 9.17) is 9.73 Å². The molecule has 1 aliphatic heterocycles. The summed E-state index contributed by atoms with van der Waals surface area (Å²) in [4.78, 5) is 4.71. The summed E-state index contributed by atoms with van der Waals surface area (Å²) in [6.07, 6.45) is 7.59. The Labute approximate surface area is 121 Å². The maximum atomic E-state index is 5.25. The van der Waals surface area contributed by atoms with Crippen LogP contribution < -0.4 is 10.1 Å². The molecule has 0 radical (unpaired) electrons. The Bertz CT molecular complexity index is 462. The van der Waals surface area contributed by atoms with Gasteiger partial charge in [0, 0.05) is 13.0 Å². The van der Waals surface area contributed by atoms with Gasteiger partial charge in [0.05, 0.1) is 19.0 Å². The molecule has 0 unspecified atom stereocenters. The molecule has 0 saturated heterocycles. The number of nitrogens with zero attached hydrogens (tertiary/aromatic N) is 1. The molecular weight excluding hydrogens is 248 g/mol. The first-order chi connectivity index (χ1) is 9.86. The van der Waals surface area contributed by atoms with Crippen molar-refractivity contribution >= 4 is 5.84 Å². The minimum atomic E-state index is 0.428. The highest BCUT2D eigenvalue weighted by molar-refractivity contribution is 5.82. The Morgan fingerprint density at radius 3 is 2.65 bits per heavy atom. The number of methoxy groups -OCH3 is 1. The lowest BCUT2D eigenvalue weighted by Gasteiger charge is -2.21. The van der Waals surface area contributed by atoms with Gasteiger partial charge in [0.25, 0.3) is 0 Å². The molecule has 0 aromatic heterocycles. The minimum absolute atomic E-state index is 0.428. The number of benzene rings is 1. The molecule has 3 rings (SSSR count). The number of hydrogen-bond acceptors (Lipinski definition) is 3. The van der Waals surface area contributed by atoms with Crippen LogP contribution >= 0.6 is 0 Å². The lowest BCUT2D eigenvalue weighted by atomic mass is 10.0. The van der Waals surface area contributed by atoms with Crippen molar-refractivity contribution < 1.29 is 4.74 Å². The van der Waals surface area contributed by atoms with E-state index in [9.17, 15) is 0 Å². The quantitative estimate of drug-likeness (QED) is 0.906. The molecule has 1 N–H and O–H groups in total. The van der Waals surface area contributed by atoms with Gasteiger partial charge in [-0.2, -0.15) is 0 Å². The summed E-state index contributed by atoms with van der Waals surface area (Å²) in [7, 11) is 1.71.